The highest BCUT2D eigenvalue weighted by Crippen LogP contribution is 2.29. The van der Waals surface area contributed by atoms with Crippen LogP contribution in [-0.4, -0.2) is 21.6 Å². The van der Waals surface area contributed by atoms with Gasteiger partial charge in [-0.15, -0.1) is 11.3 Å². The largest absolute Gasteiger partial charge is 0.387 e. The zero-order chi connectivity index (χ0) is 9.68. The van der Waals surface area contributed by atoms with Crippen molar-refractivity contribution in [3.63, 3.8) is 0 Å². The highest BCUT2D eigenvalue weighted by Gasteiger charge is 2.13. The van der Waals surface area contributed by atoms with Gasteiger partial charge in [0.15, 0.2) is 0 Å². The fourth-order valence-corrected chi connectivity index (χ4v) is 3.09. The Labute approximate surface area is 94.9 Å². The van der Waals surface area contributed by atoms with Crippen LogP contribution in [0.5, 0.6) is 0 Å². The number of hydrogen-bond acceptors (Lipinski definition) is 4. The van der Waals surface area contributed by atoms with E-state index in [1.807, 2.05) is 11.8 Å². The smallest absolute Gasteiger partial charge is 0.122 e. The Bertz CT molecular complexity index is 254. The summed E-state index contributed by atoms with van der Waals surface area (Å²) >= 11 is 6.66. The monoisotopic (exact) mass is 281 g/mol. The minimum Gasteiger partial charge on any atom is -0.387 e. The molecular weight excluding hydrogens is 270 g/mol. The predicted molar refractivity (Wildman–Crippen MR) is 62.4 cm³/mol. The Morgan fingerprint density at radius 3 is 3.08 bits per heavy atom. The molecule has 1 aromatic rings. The van der Waals surface area contributed by atoms with Crippen LogP contribution < -0.4 is 0 Å². The summed E-state index contributed by atoms with van der Waals surface area (Å²) in [7, 11) is 0. The molecule has 1 atom stereocenters. The molecule has 1 N–H and O–H groups in total. The predicted octanol–water partition coefficient (Wildman–Crippen LogP) is 3.08. The minimum atomic E-state index is -0.360. The van der Waals surface area contributed by atoms with E-state index in [1.165, 1.54) is 11.3 Å². The molecule has 1 aromatic heterocycles. The molecular formula is C8H12BrNOS2. The van der Waals surface area contributed by atoms with Gasteiger partial charge < -0.3 is 5.11 Å². The number of hydrogen-bond donors (Lipinski definition) is 1. The summed E-state index contributed by atoms with van der Waals surface area (Å²) < 4.78 is 0.784. The molecule has 2 nitrogen and oxygen atoms in total. The number of aliphatic hydroxyl groups excluding tert-OH is 1. The van der Waals surface area contributed by atoms with Crippen molar-refractivity contribution in [1.29, 1.82) is 0 Å². The third-order valence-corrected chi connectivity index (χ3v) is 4.35. The van der Waals surface area contributed by atoms with E-state index < -0.39 is 0 Å². The molecule has 1 heterocycles. The number of aromatic nitrogens is 1. The van der Waals surface area contributed by atoms with Gasteiger partial charge in [0.2, 0.25) is 0 Å². The van der Waals surface area contributed by atoms with Gasteiger partial charge in [0.25, 0.3) is 0 Å². The van der Waals surface area contributed by atoms with Crippen LogP contribution in [0.1, 0.15) is 24.3 Å². The zero-order valence-electron chi connectivity index (χ0n) is 7.36. The van der Waals surface area contributed by atoms with Gasteiger partial charge in [0.1, 0.15) is 4.60 Å². The van der Waals surface area contributed by atoms with Crippen molar-refractivity contribution in [2.75, 3.05) is 11.5 Å². The molecule has 0 radical (unpaired) electrons. The van der Waals surface area contributed by atoms with Gasteiger partial charge in [-0.2, -0.15) is 11.8 Å². The van der Waals surface area contributed by atoms with Crippen molar-refractivity contribution in [3.05, 3.63) is 15.0 Å². The van der Waals surface area contributed by atoms with E-state index in [1.54, 1.807) is 5.51 Å². The van der Waals surface area contributed by atoms with Gasteiger partial charge in [0, 0.05) is 0 Å². The molecule has 1 unspecified atom stereocenters. The lowest BCUT2D eigenvalue weighted by molar-refractivity contribution is 0.178. The minimum absolute atomic E-state index is 0.360. The van der Waals surface area contributed by atoms with Crippen LogP contribution >= 0.6 is 39.0 Å². The lowest BCUT2D eigenvalue weighted by Crippen LogP contribution is -1.97. The van der Waals surface area contributed by atoms with Crippen LogP contribution in [0.3, 0.4) is 0 Å². The van der Waals surface area contributed by atoms with E-state index in [0.29, 0.717) is 0 Å². The molecule has 0 saturated heterocycles. The Kier molecular flexibility index (Phi) is 5.31. The normalized spacial score (nSPS) is 13.2. The average Bonchev–Trinajstić information content (AvgIpc) is 2.52. The fraction of sp³-hybridized carbons (Fsp3) is 0.625. The number of thioether (sulfide) groups is 1. The van der Waals surface area contributed by atoms with Crippen molar-refractivity contribution in [2.45, 2.75) is 19.4 Å². The Morgan fingerprint density at radius 1 is 1.77 bits per heavy atom. The van der Waals surface area contributed by atoms with Crippen molar-refractivity contribution in [3.8, 4) is 0 Å². The van der Waals surface area contributed by atoms with Crippen molar-refractivity contribution in [1.82, 2.24) is 4.98 Å². The van der Waals surface area contributed by atoms with Crippen LogP contribution in [-0.2, 0) is 0 Å². The Morgan fingerprint density at radius 2 is 2.54 bits per heavy atom. The first kappa shape index (κ1) is 11.5. The average molecular weight is 282 g/mol. The summed E-state index contributed by atoms with van der Waals surface area (Å²) in [6.45, 7) is 2.12. The summed E-state index contributed by atoms with van der Waals surface area (Å²) in [4.78, 5) is 4.98. The molecule has 0 spiro atoms. The van der Waals surface area contributed by atoms with Gasteiger partial charge in [0.05, 0.1) is 16.5 Å². The summed E-state index contributed by atoms with van der Waals surface area (Å²) in [5, 5.41) is 9.74. The SMILES string of the molecule is CCSCCC(O)c1scnc1Br. The van der Waals surface area contributed by atoms with Gasteiger partial charge in [-0.1, -0.05) is 6.92 Å². The second-order valence-electron chi connectivity index (χ2n) is 2.51. The van der Waals surface area contributed by atoms with Crippen LogP contribution in [0.15, 0.2) is 10.1 Å². The quantitative estimate of drug-likeness (QED) is 0.842. The summed E-state index contributed by atoms with van der Waals surface area (Å²) in [5.74, 6) is 2.11. The fourth-order valence-electron chi connectivity index (χ4n) is 0.928. The van der Waals surface area contributed by atoms with Gasteiger partial charge in [-0.05, 0) is 33.9 Å². The molecule has 0 bridgehead atoms. The Balaban J connectivity index is 2.39. The molecule has 0 fully saturated rings. The maximum Gasteiger partial charge on any atom is 0.122 e. The standard InChI is InChI=1S/C8H12BrNOS2/c1-2-12-4-3-6(11)7-8(9)10-5-13-7/h5-6,11H,2-4H2,1H3. The van der Waals surface area contributed by atoms with Crippen LogP contribution in [0.25, 0.3) is 0 Å². The third kappa shape index (κ3) is 3.58. The molecule has 74 valence electrons. The molecule has 0 saturated carbocycles. The molecule has 0 aliphatic carbocycles. The third-order valence-electron chi connectivity index (χ3n) is 1.59. The topological polar surface area (TPSA) is 33.1 Å². The van der Waals surface area contributed by atoms with E-state index in [9.17, 15) is 5.11 Å². The summed E-state index contributed by atoms with van der Waals surface area (Å²) in [6, 6.07) is 0. The molecule has 5 heteroatoms. The van der Waals surface area contributed by atoms with Crippen molar-refractivity contribution >= 4 is 39.0 Å². The second-order valence-corrected chi connectivity index (χ2v) is 5.54. The number of aliphatic hydroxyl groups is 1. The molecule has 0 amide bonds. The number of rotatable bonds is 5. The summed E-state index contributed by atoms with van der Waals surface area (Å²) in [5.41, 5.74) is 1.75. The van der Waals surface area contributed by atoms with E-state index in [-0.39, 0.29) is 6.10 Å². The van der Waals surface area contributed by atoms with Gasteiger partial charge in [-0.3, -0.25) is 0 Å². The van der Waals surface area contributed by atoms with Crippen LogP contribution in [0, 0.1) is 0 Å². The maximum atomic E-state index is 9.74. The summed E-state index contributed by atoms with van der Waals surface area (Å²) in [6.07, 6.45) is 0.445. The van der Waals surface area contributed by atoms with Crippen molar-refractivity contribution in [2.24, 2.45) is 0 Å². The highest BCUT2D eigenvalue weighted by atomic mass is 79.9. The van der Waals surface area contributed by atoms with Gasteiger partial charge in [-0.25, -0.2) is 4.98 Å². The van der Waals surface area contributed by atoms with E-state index in [0.717, 1.165) is 27.4 Å². The van der Waals surface area contributed by atoms with Crippen LogP contribution in [0.4, 0.5) is 0 Å². The maximum absolute atomic E-state index is 9.74. The first-order valence-electron chi connectivity index (χ1n) is 4.10. The first-order chi connectivity index (χ1) is 6.25. The van der Waals surface area contributed by atoms with E-state index in [2.05, 4.69) is 27.8 Å². The molecule has 0 aliphatic rings. The molecule has 0 aliphatic heterocycles. The van der Waals surface area contributed by atoms with E-state index in [4.69, 9.17) is 0 Å². The number of halogens is 1. The first-order valence-corrected chi connectivity index (χ1v) is 6.93. The molecule has 1 rings (SSSR count). The number of nitrogens with zero attached hydrogens (tertiary/aromatic N) is 1. The lowest BCUT2D eigenvalue weighted by atomic mass is 10.2. The number of thiazole rings is 1. The Hall–Kier alpha value is 0.420. The highest BCUT2D eigenvalue weighted by molar-refractivity contribution is 9.10. The van der Waals surface area contributed by atoms with Gasteiger partial charge >= 0.3 is 0 Å². The van der Waals surface area contributed by atoms with E-state index >= 15 is 0 Å². The van der Waals surface area contributed by atoms with Crippen LogP contribution in [0.2, 0.25) is 0 Å². The van der Waals surface area contributed by atoms with Crippen molar-refractivity contribution < 1.29 is 5.11 Å². The second kappa shape index (κ2) is 6.01. The lowest BCUT2D eigenvalue weighted by Gasteiger charge is -2.07. The zero-order valence-corrected chi connectivity index (χ0v) is 10.6. The molecule has 0 aromatic carbocycles. The molecule has 13 heavy (non-hydrogen) atoms.